The van der Waals surface area contributed by atoms with Gasteiger partial charge in [-0.2, -0.15) is 0 Å². The number of aliphatic hydroxyl groups excluding tert-OH is 1. The summed E-state index contributed by atoms with van der Waals surface area (Å²) in [4.78, 5) is 46.8. The molecule has 2 rings (SSSR count). The molecule has 206 valence electrons. The first-order chi connectivity index (χ1) is 17.5. The van der Waals surface area contributed by atoms with Crippen LogP contribution < -0.4 is 9.47 Å². The number of aliphatic hydroxyl groups is 1. The highest BCUT2D eigenvalue weighted by atomic mass is 16.7. The standard InChI is InChI=1S/C24H32O13/c1-13(25)31-12-20-21(34-14(2)26)22(35-15(3)27)23(36-16(4)28)24(37-20)33-11-17(29)10-32-19-9-7-6-8-18(19)30-5/h6-9,17,20-24,29H,10-12H2,1-5H3/t17-,20-,21-,22+,23-,24-/m1/s1. The first-order valence-corrected chi connectivity index (χ1v) is 11.4. The summed E-state index contributed by atoms with van der Waals surface area (Å²) < 4.78 is 43.2. The summed E-state index contributed by atoms with van der Waals surface area (Å²) in [5.41, 5.74) is 0. The second-order valence-corrected chi connectivity index (χ2v) is 8.02. The number of ether oxygens (including phenoxy) is 8. The van der Waals surface area contributed by atoms with Gasteiger partial charge in [-0.15, -0.1) is 0 Å². The summed E-state index contributed by atoms with van der Waals surface area (Å²) in [6.07, 6.45) is -7.79. The van der Waals surface area contributed by atoms with Gasteiger partial charge in [0.1, 0.15) is 25.4 Å². The first kappa shape index (κ1) is 29.8. The minimum absolute atomic E-state index is 0.189. The Morgan fingerprint density at radius 3 is 1.97 bits per heavy atom. The highest BCUT2D eigenvalue weighted by molar-refractivity contribution is 5.68. The van der Waals surface area contributed by atoms with E-state index in [2.05, 4.69) is 0 Å². The van der Waals surface area contributed by atoms with E-state index < -0.39 is 67.3 Å². The molecule has 37 heavy (non-hydrogen) atoms. The van der Waals surface area contributed by atoms with Gasteiger partial charge in [-0.25, -0.2) is 0 Å². The zero-order valence-corrected chi connectivity index (χ0v) is 21.2. The molecule has 1 N–H and O–H groups in total. The maximum atomic E-state index is 11.9. The average Bonchev–Trinajstić information content (AvgIpc) is 2.82. The van der Waals surface area contributed by atoms with Gasteiger partial charge in [0.25, 0.3) is 0 Å². The highest BCUT2D eigenvalue weighted by Crippen LogP contribution is 2.30. The van der Waals surface area contributed by atoms with Crippen molar-refractivity contribution in [3.8, 4) is 11.5 Å². The van der Waals surface area contributed by atoms with Crippen LogP contribution in [0.4, 0.5) is 0 Å². The van der Waals surface area contributed by atoms with E-state index in [1.165, 1.54) is 14.0 Å². The predicted molar refractivity (Wildman–Crippen MR) is 122 cm³/mol. The normalized spacial score (nSPS) is 23.8. The molecule has 1 heterocycles. The third kappa shape index (κ3) is 9.52. The van der Waals surface area contributed by atoms with Crippen LogP contribution in [0.1, 0.15) is 27.7 Å². The Kier molecular flexibility index (Phi) is 11.6. The number of methoxy groups -OCH3 is 1. The number of benzene rings is 1. The number of hydrogen-bond donors (Lipinski definition) is 1. The Morgan fingerprint density at radius 1 is 0.838 bits per heavy atom. The predicted octanol–water partition coefficient (Wildman–Crippen LogP) is 0.535. The van der Waals surface area contributed by atoms with Crippen LogP contribution in [0.3, 0.4) is 0 Å². The van der Waals surface area contributed by atoms with Gasteiger partial charge < -0.3 is 43.0 Å². The summed E-state index contributed by atoms with van der Waals surface area (Å²) in [5.74, 6) is -2.05. The molecule has 1 aliphatic heterocycles. The lowest BCUT2D eigenvalue weighted by Gasteiger charge is -2.44. The molecule has 0 amide bonds. The lowest BCUT2D eigenvalue weighted by molar-refractivity contribution is -0.311. The molecule has 1 aliphatic rings. The van der Waals surface area contributed by atoms with Gasteiger partial charge in [-0.1, -0.05) is 12.1 Å². The summed E-state index contributed by atoms with van der Waals surface area (Å²) >= 11 is 0. The van der Waals surface area contributed by atoms with Gasteiger partial charge >= 0.3 is 23.9 Å². The van der Waals surface area contributed by atoms with Crippen molar-refractivity contribution in [2.24, 2.45) is 0 Å². The molecule has 0 radical (unpaired) electrons. The number of rotatable bonds is 12. The third-order valence-electron chi connectivity index (χ3n) is 4.90. The zero-order chi connectivity index (χ0) is 27.5. The highest BCUT2D eigenvalue weighted by Gasteiger charge is 2.52. The maximum Gasteiger partial charge on any atom is 0.303 e. The van der Waals surface area contributed by atoms with Crippen molar-refractivity contribution in [1.29, 1.82) is 0 Å². The molecule has 0 unspecified atom stereocenters. The van der Waals surface area contributed by atoms with Gasteiger partial charge in [0, 0.05) is 27.7 Å². The topological polar surface area (TPSA) is 162 Å². The molecule has 6 atom stereocenters. The van der Waals surface area contributed by atoms with Crippen molar-refractivity contribution >= 4 is 23.9 Å². The van der Waals surface area contributed by atoms with Gasteiger partial charge in [0.15, 0.2) is 36.1 Å². The molecule has 0 saturated carbocycles. The van der Waals surface area contributed by atoms with E-state index in [0.717, 1.165) is 20.8 Å². The molecule has 0 aromatic heterocycles. The SMILES string of the molecule is COc1ccccc1OC[C@@H](O)CO[C@@H]1O[C@H](COC(C)=O)[C@@H](OC(C)=O)[C@H](OC(C)=O)[C@H]1OC(C)=O. The van der Waals surface area contributed by atoms with Crippen molar-refractivity contribution in [2.75, 3.05) is 26.9 Å². The molecule has 1 aromatic rings. The van der Waals surface area contributed by atoms with Gasteiger partial charge in [0.2, 0.25) is 0 Å². The van der Waals surface area contributed by atoms with Crippen molar-refractivity contribution in [2.45, 2.75) is 64.5 Å². The van der Waals surface area contributed by atoms with Crippen LogP contribution >= 0.6 is 0 Å². The van der Waals surface area contributed by atoms with Crippen molar-refractivity contribution in [3.05, 3.63) is 24.3 Å². The van der Waals surface area contributed by atoms with Crippen LogP contribution in [0.5, 0.6) is 11.5 Å². The third-order valence-corrected chi connectivity index (χ3v) is 4.90. The van der Waals surface area contributed by atoms with Crippen molar-refractivity contribution in [1.82, 2.24) is 0 Å². The van der Waals surface area contributed by atoms with E-state index in [1.54, 1.807) is 24.3 Å². The number of carbonyl (C=O) groups is 4. The molecule has 0 aliphatic carbocycles. The number of carbonyl (C=O) groups excluding carboxylic acids is 4. The number of para-hydroxylation sites is 2. The Morgan fingerprint density at radius 2 is 1.41 bits per heavy atom. The molecule has 0 spiro atoms. The smallest absolute Gasteiger partial charge is 0.303 e. The van der Waals surface area contributed by atoms with Crippen molar-refractivity contribution < 1.29 is 62.2 Å². The maximum absolute atomic E-state index is 11.9. The molecule has 0 bridgehead atoms. The van der Waals surface area contributed by atoms with Crippen LogP contribution in [-0.4, -0.2) is 92.7 Å². The van der Waals surface area contributed by atoms with Gasteiger partial charge in [-0.3, -0.25) is 19.2 Å². The van der Waals surface area contributed by atoms with Gasteiger partial charge in [0.05, 0.1) is 13.7 Å². The van der Waals surface area contributed by atoms with E-state index in [4.69, 9.17) is 37.9 Å². The van der Waals surface area contributed by atoms with Crippen LogP contribution in [0.25, 0.3) is 0 Å². The summed E-state index contributed by atoms with van der Waals surface area (Å²) in [6, 6.07) is 6.84. The number of hydrogen-bond acceptors (Lipinski definition) is 13. The second-order valence-electron chi connectivity index (χ2n) is 8.02. The fourth-order valence-corrected chi connectivity index (χ4v) is 3.50. The van der Waals surface area contributed by atoms with E-state index in [1.807, 2.05) is 0 Å². The van der Waals surface area contributed by atoms with E-state index >= 15 is 0 Å². The van der Waals surface area contributed by atoms with Crippen LogP contribution in [0.15, 0.2) is 24.3 Å². The Balaban J connectivity index is 2.21. The summed E-state index contributed by atoms with van der Waals surface area (Å²) in [7, 11) is 1.48. The second kappa shape index (κ2) is 14.4. The minimum Gasteiger partial charge on any atom is -0.493 e. The zero-order valence-electron chi connectivity index (χ0n) is 21.2. The number of esters is 4. The van der Waals surface area contributed by atoms with Gasteiger partial charge in [-0.05, 0) is 12.1 Å². The van der Waals surface area contributed by atoms with Crippen molar-refractivity contribution in [3.63, 3.8) is 0 Å². The van der Waals surface area contributed by atoms with Crippen LogP contribution in [0, 0.1) is 0 Å². The van der Waals surface area contributed by atoms with E-state index in [-0.39, 0.29) is 13.2 Å². The molecular weight excluding hydrogens is 496 g/mol. The minimum atomic E-state index is -1.40. The fraction of sp³-hybridized carbons (Fsp3) is 0.583. The quantitative estimate of drug-likeness (QED) is 0.296. The lowest BCUT2D eigenvalue weighted by Crippen LogP contribution is -2.63. The molecule has 13 nitrogen and oxygen atoms in total. The average molecular weight is 529 g/mol. The molecule has 13 heteroatoms. The molecule has 1 fully saturated rings. The molecule has 1 aromatic carbocycles. The fourth-order valence-electron chi connectivity index (χ4n) is 3.50. The van der Waals surface area contributed by atoms with E-state index in [0.29, 0.717) is 11.5 Å². The Bertz CT molecular complexity index is 933. The van der Waals surface area contributed by atoms with Crippen LogP contribution in [0.2, 0.25) is 0 Å². The lowest BCUT2D eigenvalue weighted by atomic mass is 9.98. The molecule has 1 saturated heterocycles. The Labute approximate surface area is 213 Å². The van der Waals surface area contributed by atoms with E-state index in [9.17, 15) is 24.3 Å². The largest absolute Gasteiger partial charge is 0.493 e. The Hall–Kier alpha value is -3.42. The summed E-state index contributed by atoms with van der Waals surface area (Å²) in [6.45, 7) is 3.58. The molecular formula is C24H32O13. The monoisotopic (exact) mass is 528 g/mol. The van der Waals surface area contributed by atoms with Crippen LogP contribution in [-0.2, 0) is 47.6 Å². The first-order valence-electron chi connectivity index (χ1n) is 11.4. The summed E-state index contributed by atoms with van der Waals surface area (Å²) in [5, 5.41) is 10.4.